The standard InChI is InChI=1S/C9H10ClN3O3/c10-7-3-1-2-6(13-7)8(14)11-4-5-12-9(15)16/h1-3,12H,4-5H2,(H,11,14)(H,15,16). The van der Waals surface area contributed by atoms with Crippen LogP contribution in [0.3, 0.4) is 0 Å². The van der Waals surface area contributed by atoms with Gasteiger partial charge in [0.2, 0.25) is 0 Å². The SMILES string of the molecule is O=C(O)NCCNC(=O)c1cccc(Cl)n1. The number of nitrogens with one attached hydrogen (secondary N) is 2. The molecule has 86 valence electrons. The highest BCUT2D eigenvalue weighted by Crippen LogP contribution is 2.04. The van der Waals surface area contributed by atoms with Gasteiger partial charge in [-0.05, 0) is 12.1 Å². The van der Waals surface area contributed by atoms with E-state index in [1.165, 1.54) is 6.07 Å². The fourth-order valence-corrected chi connectivity index (χ4v) is 1.13. The number of nitrogens with zero attached hydrogens (tertiary/aromatic N) is 1. The van der Waals surface area contributed by atoms with Crippen molar-refractivity contribution in [3.05, 3.63) is 29.0 Å². The summed E-state index contributed by atoms with van der Waals surface area (Å²) >= 11 is 5.61. The summed E-state index contributed by atoms with van der Waals surface area (Å²) in [6, 6.07) is 4.69. The zero-order chi connectivity index (χ0) is 12.0. The van der Waals surface area contributed by atoms with Crippen LogP contribution in [-0.2, 0) is 0 Å². The number of aromatic nitrogens is 1. The van der Waals surface area contributed by atoms with Crippen molar-refractivity contribution in [3.63, 3.8) is 0 Å². The molecule has 0 bridgehead atoms. The fraction of sp³-hybridized carbons (Fsp3) is 0.222. The zero-order valence-corrected chi connectivity index (χ0v) is 8.99. The van der Waals surface area contributed by atoms with Gasteiger partial charge in [0.25, 0.3) is 5.91 Å². The number of carbonyl (C=O) groups is 2. The van der Waals surface area contributed by atoms with Crippen LogP contribution in [0.15, 0.2) is 18.2 Å². The van der Waals surface area contributed by atoms with Crippen molar-refractivity contribution in [1.82, 2.24) is 15.6 Å². The molecule has 1 rings (SSSR count). The van der Waals surface area contributed by atoms with Crippen LogP contribution >= 0.6 is 11.6 Å². The van der Waals surface area contributed by atoms with Crippen molar-refractivity contribution in [1.29, 1.82) is 0 Å². The molecule has 0 saturated heterocycles. The Bertz CT molecular complexity index is 397. The highest BCUT2D eigenvalue weighted by molar-refractivity contribution is 6.29. The van der Waals surface area contributed by atoms with Crippen molar-refractivity contribution in [2.75, 3.05) is 13.1 Å². The first kappa shape index (κ1) is 12.3. The summed E-state index contributed by atoms with van der Waals surface area (Å²) in [6.45, 7) is 0.334. The summed E-state index contributed by atoms with van der Waals surface area (Å²) in [5.74, 6) is -0.394. The Morgan fingerprint density at radius 2 is 2.00 bits per heavy atom. The molecule has 1 heterocycles. The van der Waals surface area contributed by atoms with Crippen LogP contribution in [0.5, 0.6) is 0 Å². The molecule has 6 nitrogen and oxygen atoms in total. The maximum absolute atomic E-state index is 11.4. The van der Waals surface area contributed by atoms with Gasteiger partial charge in [-0.15, -0.1) is 0 Å². The van der Waals surface area contributed by atoms with E-state index >= 15 is 0 Å². The van der Waals surface area contributed by atoms with Crippen LogP contribution in [0.4, 0.5) is 4.79 Å². The number of hydrogen-bond acceptors (Lipinski definition) is 3. The normalized spacial score (nSPS) is 9.56. The van der Waals surface area contributed by atoms with E-state index in [0.29, 0.717) is 0 Å². The summed E-state index contributed by atoms with van der Waals surface area (Å²) in [5.41, 5.74) is 0.197. The largest absolute Gasteiger partial charge is 0.465 e. The van der Waals surface area contributed by atoms with Crippen LogP contribution in [0.2, 0.25) is 5.15 Å². The second-order valence-corrected chi connectivity index (χ2v) is 3.22. The third-order valence-electron chi connectivity index (χ3n) is 1.63. The van der Waals surface area contributed by atoms with Crippen molar-refractivity contribution in [2.24, 2.45) is 0 Å². The van der Waals surface area contributed by atoms with E-state index < -0.39 is 12.0 Å². The third kappa shape index (κ3) is 4.14. The average Bonchev–Trinajstić information content (AvgIpc) is 2.24. The molecule has 0 aliphatic heterocycles. The predicted octanol–water partition coefficient (Wildman–Crippen LogP) is 0.732. The highest BCUT2D eigenvalue weighted by atomic mass is 35.5. The molecule has 7 heteroatoms. The summed E-state index contributed by atoms with van der Waals surface area (Å²) in [6.07, 6.45) is -1.13. The van der Waals surface area contributed by atoms with Gasteiger partial charge in [-0.1, -0.05) is 17.7 Å². The van der Waals surface area contributed by atoms with Crippen molar-refractivity contribution >= 4 is 23.6 Å². The molecule has 1 aromatic heterocycles. The zero-order valence-electron chi connectivity index (χ0n) is 8.24. The first-order chi connectivity index (χ1) is 7.59. The molecular weight excluding hydrogens is 234 g/mol. The molecule has 2 amide bonds. The van der Waals surface area contributed by atoms with E-state index in [4.69, 9.17) is 16.7 Å². The Kier molecular flexibility index (Phi) is 4.53. The van der Waals surface area contributed by atoms with Gasteiger partial charge < -0.3 is 15.7 Å². The number of amides is 2. The van der Waals surface area contributed by atoms with E-state index in [-0.39, 0.29) is 23.9 Å². The van der Waals surface area contributed by atoms with Crippen molar-refractivity contribution in [3.8, 4) is 0 Å². The number of carboxylic acid groups (broad SMARTS) is 1. The van der Waals surface area contributed by atoms with Crippen LogP contribution in [-0.4, -0.2) is 35.2 Å². The van der Waals surface area contributed by atoms with Gasteiger partial charge >= 0.3 is 6.09 Å². The molecule has 3 N–H and O–H groups in total. The Labute approximate surface area is 96.6 Å². The predicted molar refractivity (Wildman–Crippen MR) is 57.6 cm³/mol. The van der Waals surface area contributed by atoms with Gasteiger partial charge in [-0.2, -0.15) is 0 Å². The monoisotopic (exact) mass is 243 g/mol. The highest BCUT2D eigenvalue weighted by Gasteiger charge is 2.06. The van der Waals surface area contributed by atoms with Crippen molar-refractivity contribution < 1.29 is 14.7 Å². The number of hydrogen-bond donors (Lipinski definition) is 3. The number of rotatable bonds is 4. The molecular formula is C9H10ClN3O3. The maximum Gasteiger partial charge on any atom is 0.404 e. The van der Waals surface area contributed by atoms with Crippen LogP contribution in [0.25, 0.3) is 0 Å². The lowest BCUT2D eigenvalue weighted by atomic mass is 10.3. The minimum atomic E-state index is -1.13. The molecule has 0 aliphatic carbocycles. The lowest BCUT2D eigenvalue weighted by Gasteiger charge is -2.04. The summed E-state index contributed by atoms with van der Waals surface area (Å²) < 4.78 is 0. The van der Waals surface area contributed by atoms with Gasteiger partial charge in [-0.25, -0.2) is 9.78 Å². The molecule has 0 fully saturated rings. The lowest BCUT2D eigenvalue weighted by molar-refractivity contribution is 0.0948. The minimum Gasteiger partial charge on any atom is -0.465 e. The second kappa shape index (κ2) is 5.92. The smallest absolute Gasteiger partial charge is 0.404 e. The molecule has 1 aromatic rings. The molecule has 0 radical (unpaired) electrons. The molecule has 0 spiro atoms. The topological polar surface area (TPSA) is 91.3 Å². The van der Waals surface area contributed by atoms with Gasteiger partial charge in [0.15, 0.2) is 0 Å². The minimum absolute atomic E-state index is 0.141. The number of carbonyl (C=O) groups excluding carboxylic acids is 1. The quantitative estimate of drug-likeness (QED) is 0.537. The van der Waals surface area contributed by atoms with Gasteiger partial charge in [0.1, 0.15) is 10.8 Å². The molecule has 0 saturated carbocycles. The van der Waals surface area contributed by atoms with Gasteiger partial charge in [0.05, 0.1) is 0 Å². The summed E-state index contributed by atoms with van der Waals surface area (Å²) in [5, 5.41) is 13.1. The number of halogens is 1. The Hall–Kier alpha value is -1.82. The molecule has 0 aromatic carbocycles. The average molecular weight is 244 g/mol. The van der Waals surface area contributed by atoms with E-state index in [9.17, 15) is 9.59 Å². The summed E-state index contributed by atoms with van der Waals surface area (Å²) in [4.78, 5) is 25.3. The van der Waals surface area contributed by atoms with E-state index in [0.717, 1.165) is 0 Å². The first-order valence-electron chi connectivity index (χ1n) is 4.47. The van der Waals surface area contributed by atoms with E-state index in [2.05, 4.69) is 15.6 Å². The first-order valence-corrected chi connectivity index (χ1v) is 4.85. The molecule has 0 unspecified atom stereocenters. The molecule has 0 atom stereocenters. The number of pyridine rings is 1. The Morgan fingerprint density at radius 1 is 1.31 bits per heavy atom. The summed E-state index contributed by atoms with van der Waals surface area (Å²) in [7, 11) is 0. The van der Waals surface area contributed by atoms with Crippen molar-refractivity contribution in [2.45, 2.75) is 0 Å². The van der Waals surface area contributed by atoms with Gasteiger partial charge in [-0.3, -0.25) is 4.79 Å². The molecule has 16 heavy (non-hydrogen) atoms. The molecule has 0 aliphatic rings. The maximum atomic E-state index is 11.4. The lowest BCUT2D eigenvalue weighted by Crippen LogP contribution is -2.34. The Morgan fingerprint density at radius 3 is 2.62 bits per heavy atom. The van der Waals surface area contributed by atoms with Crippen LogP contribution < -0.4 is 10.6 Å². The fourth-order valence-electron chi connectivity index (χ4n) is 0.971. The second-order valence-electron chi connectivity index (χ2n) is 2.83. The van der Waals surface area contributed by atoms with E-state index in [1.54, 1.807) is 12.1 Å². The Balaban J connectivity index is 2.38. The van der Waals surface area contributed by atoms with Gasteiger partial charge in [0, 0.05) is 13.1 Å². The van der Waals surface area contributed by atoms with Crippen LogP contribution in [0, 0.1) is 0 Å². The van der Waals surface area contributed by atoms with E-state index in [1.807, 2.05) is 0 Å². The third-order valence-corrected chi connectivity index (χ3v) is 1.85. The van der Waals surface area contributed by atoms with Crippen LogP contribution in [0.1, 0.15) is 10.5 Å².